The van der Waals surface area contributed by atoms with E-state index in [0.717, 1.165) is 22.4 Å². The lowest BCUT2D eigenvalue weighted by atomic mass is 9.96. The third-order valence-corrected chi connectivity index (χ3v) is 6.54. The smallest absolute Gasteiger partial charge is 0.336 e. The Morgan fingerprint density at radius 3 is 2.54 bits per heavy atom. The zero-order valence-corrected chi connectivity index (χ0v) is 22.0. The van der Waals surface area contributed by atoms with E-state index in [1.54, 1.807) is 55.6 Å². The number of carboxylic acid groups (broad SMARTS) is 1. The van der Waals surface area contributed by atoms with E-state index in [0.29, 0.717) is 33.8 Å². The van der Waals surface area contributed by atoms with Crippen molar-refractivity contribution < 1.29 is 19.1 Å². The number of nitrogens with zero attached hydrogens (tertiary/aromatic N) is 3. The summed E-state index contributed by atoms with van der Waals surface area (Å²) in [5, 5.41) is 14.5. The van der Waals surface area contributed by atoms with Crippen LogP contribution in [0.2, 0.25) is 0 Å². The molecule has 0 aliphatic carbocycles. The molecule has 2 heterocycles. The molecule has 0 radical (unpaired) electrons. The molecule has 0 fully saturated rings. The van der Waals surface area contributed by atoms with Crippen LogP contribution in [0.3, 0.4) is 0 Å². The summed E-state index contributed by atoms with van der Waals surface area (Å²) in [6.07, 6.45) is 1.43. The van der Waals surface area contributed by atoms with Crippen LogP contribution in [0.25, 0.3) is 33.6 Å². The Morgan fingerprint density at radius 1 is 1.05 bits per heavy atom. The minimum Gasteiger partial charge on any atom is -0.496 e. The number of rotatable bonds is 7. The lowest BCUT2D eigenvalue weighted by Crippen LogP contribution is -2.20. The summed E-state index contributed by atoms with van der Waals surface area (Å²) in [7, 11) is 1.64. The summed E-state index contributed by atoms with van der Waals surface area (Å²) in [6.45, 7) is 6.09. The summed E-state index contributed by atoms with van der Waals surface area (Å²) in [5.74, 6) is 1.02. The van der Waals surface area contributed by atoms with Crippen LogP contribution in [0.4, 0.5) is 0 Å². The van der Waals surface area contributed by atoms with E-state index in [1.165, 1.54) is 17.0 Å². The molecule has 3 aromatic carbocycles. The number of ether oxygens (including phenoxy) is 1. The van der Waals surface area contributed by atoms with Gasteiger partial charge in [-0.25, -0.2) is 9.78 Å². The number of carbonyl (C=O) groups is 1. The second-order valence-electron chi connectivity index (χ2n) is 9.43. The van der Waals surface area contributed by atoms with Crippen molar-refractivity contribution in [3.05, 3.63) is 106 Å². The topological polar surface area (TPSA) is 107 Å². The average Bonchev–Trinajstić information content (AvgIpc) is 3.41. The molecule has 0 aliphatic rings. The summed E-state index contributed by atoms with van der Waals surface area (Å²) >= 11 is 0. The van der Waals surface area contributed by atoms with Crippen LogP contribution >= 0.6 is 0 Å². The fourth-order valence-electron chi connectivity index (χ4n) is 4.54. The molecule has 8 heteroatoms. The normalized spacial score (nSPS) is 11.5. The van der Waals surface area contributed by atoms with Gasteiger partial charge in [0.2, 0.25) is 0 Å². The second-order valence-corrected chi connectivity index (χ2v) is 9.43. The molecule has 1 N–H and O–H groups in total. The quantitative estimate of drug-likeness (QED) is 0.250. The molecule has 8 nitrogen and oxygen atoms in total. The Labute approximate surface area is 224 Å². The van der Waals surface area contributed by atoms with Gasteiger partial charge in [0.05, 0.1) is 29.8 Å². The minimum absolute atomic E-state index is 0.128. The van der Waals surface area contributed by atoms with Crippen molar-refractivity contribution in [1.29, 1.82) is 0 Å². The monoisotopic (exact) mass is 521 g/mol. The van der Waals surface area contributed by atoms with Crippen molar-refractivity contribution in [2.24, 2.45) is 5.10 Å². The molecule has 0 saturated heterocycles. The first-order chi connectivity index (χ1) is 18.8. The standard InChI is InChI=1S/C31H27N3O5/c1-18(2)24-16-25(19(3)15-28(24)38-4)29-33-26-12-8-7-11-23(26)30(35)34(29)32-17-20-13-14-27(39-20)21-9-5-6-10-22(21)31(36)37/h5-18H,1-4H3,(H,36,37). The Bertz CT molecular complexity index is 1800. The molecule has 2 aromatic heterocycles. The number of aromatic nitrogens is 2. The van der Waals surface area contributed by atoms with E-state index in [1.807, 2.05) is 25.1 Å². The summed E-state index contributed by atoms with van der Waals surface area (Å²) in [6, 6.07) is 21.0. The van der Waals surface area contributed by atoms with Crippen LogP contribution in [-0.4, -0.2) is 34.1 Å². The van der Waals surface area contributed by atoms with Crippen LogP contribution in [0.1, 0.15) is 47.0 Å². The lowest BCUT2D eigenvalue weighted by molar-refractivity contribution is 0.0697. The van der Waals surface area contributed by atoms with Crippen molar-refractivity contribution in [3.63, 3.8) is 0 Å². The second kappa shape index (κ2) is 10.4. The van der Waals surface area contributed by atoms with Gasteiger partial charge >= 0.3 is 5.97 Å². The highest BCUT2D eigenvalue weighted by atomic mass is 16.5. The van der Waals surface area contributed by atoms with Crippen LogP contribution in [0.5, 0.6) is 5.75 Å². The van der Waals surface area contributed by atoms with Gasteiger partial charge in [0.1, 0.15) is 17.3 Å². The SMILES string of the molecule is COc1cc(C)c(-c2nc3ccccc3c(=O)n2N=Cc2ccc(-c3ccccc3C(=O)O)o2)cc1C(C)C. The van der Waals surface area contributed by atoms with Gasteiger partial charge in [0, 0.05) is 11.1 Å². The summed E-state index contributed by atoms with van der Waals surface area (Å²) in [5.41, 5.74) is 3.45. The van der Waals surface area contributed by atoms with Crippen LogP contribution in [-0.2, 0) is 0 Å². The molecule has 0 bridgehead atoms. The average molecular weight is 522 g/mol. The number of furan rings is 1. The molecule has 0 spiro atoms. The van der Waals surface area contributed by atoms with E-state index in [9.17, 15) is 14.7 Å². The molecule has 5 aromatic rings. The number of hydrogen-bond acceptors (Lipinski definition) is 6. The summed E-state index contributed by atoms with van der Waals surface area (Å²) < 4.78 is 12.8. The van der Waals surface area contributed by atoms with Crippen LogP contribution in [0, 0.1) is 6.92 Å². The number of aromatic carboxylic acids is 1. The molecule has 39 heavy (non-hydrogen) atoms. The predicted molar refractivity (Wildman–Crippen MR) is 151 cm³/mol. The van der Waals surface area contributed by atoms with Crippen molar-refractivity contribution in [1.82, 2.24) is 9.66 Å². The minimum atomic E-state index is -1.05. The maximum atomic E-state index is 13.6. The van der Waals surface area contributed by atoms with Gasteiger partial charge in [-0.1, -0.05) is 44.2 Å². The highest BCUT2D eigenvalue weighted by Crippen LogP contribution is 2.34. The molecule has 5 rings (SSSR count). The maximum absolute atomic E-state index is 13.6. The third-order valence-electron chi connectivity index (χ3n) is 6.54. The zero-order valence-electron chi connectivity index (χ0n) is 22.0. The largest absolute Gasteiger partial charge is 0.496 e. The Morgan fingerprint density at radius 2 is 1.79 bits per heavy atom. The number of para-hydroxylation sites is 1. The van der Waals surface area contributed by atoms with Crippen LogP contribution < -0.4 is 10.3 Å². The fraction of sp³-hybridized carbons (Fsp3) is 0.161. The predicted octanol–water partition coefficient (Wildman–Crippen LogP) is 6.34. The molecule has 0 unspecified atom stereocenters. The van der Waals surface area contributed by atoms with Crippen molar-refractivity contribution in [2.45, 2.75) is 26.7 Å². The number of hydrogen-bond donors (Lipinski definition) is 1. The third kappa shape index (κ3) is 4.84. The highest BCUT2D eigenvalue weighted by Gasteiger charge is 2.19. The number of methoxy groups -OCH3 is 1. The Kier molecular flexibility index (Phi) is 6.85. The number of benzene rings is 3. The first-order valence-electron chi connectivity index (χ1n) is 12.5. The molecular weight excluding hydrogens is 494 g/mol. The molecule has 0 aliphatic heterocycles. The van der Waals surface area contributed by atoms with E-state index in [-0.39, 0.29) is 17.0 Å². The van der Waals surface area contributed by atoms with Gasteiger partial charge in [-0.15, -0.1) is 0 Å². The van der Waals surface area contributed by atoms with Gasteiger partial charge in [-0.3, -0.25) is 4.79 Å². The molecule has 0 saturated carbocycles. The molecule has 0 amide bonds. The van der Waals surface area contributed by atoms with E-state index in [2.05, 4.69) is 18.9 Å². The van der Waals surface area contributed by atoms with Gasteiger partial charge < -0.3 is 14.3 Å². The van der Waals surface area contributed by atoms with E-state index >= 15 is 0 Å². The number of aryl methyl sites for hydroxylation is 1. The number of carboxylic acids is 1. The Balaban J connectivity index is 1.65. The molecule has 0 atom stereocenters. The lowest BCUT2D eigenvalue weighted by Gasteiger charge is -2.17. The number of fused-ring (bicyclic) bond motifs is 1. The van der Waals surface area contributed by atoms with Gasteiger partial charge in [-0.05, 0) is 66.4 Å². The van der Waals surface area contributed by atoms with E-state index in [4.69, 9.17) is 14.1 Å². The first kappa shape index (κ1) is 25.7. The van der Waals surface area contributed by atoms with E-state index < -0.39 is 5.97 Å². The van der Waals surface area contributed by atoms with Gasteiger partial charge in [0.25, 0.3) is 5.56 Å². The zero-order chi connectivity index (χ0) is 27.7. The highest BCUT2D eigenvalue weighted by molar-refractivity contribution is 5.95. The maximum Gasteiger partial charge on any atom is 0.336 e. The first-order valence-corrected chi connectivity index (χ1v) is 12.5. The Hall–Kier alpha value is -4.98. The van der Waals surface area contributed by atoms with Crippen molar-refractivity contribution >= 4 is 23.1 Å². The summed E-state index contributed by atoms with van der Waals surface area (Å²) in [4.78, 5) is 30.1. The molecular formula is C31H27N3O5. The van der Waals surface area contributed by atoms with Crippen molar-refractivity contribution in [3.8, 4) is 28.5 Å². The fourth-order valence-corrected chi connectivity index (χ4v) is 4.54. The van der Waals surface area contributed by atoms with Gasteiger partial charge in [-0.2, -0.15) is 9.78 Å². The van der Waals surface area contributed by atoms with Crippen LogP contribution in [0.15, 0.2) is 87.1 Å². The van der Waals surface area contributed by atoms with Crippen molar-refractivity contribution in [2.75, 3.05) is 7.11 Å². The van der Waals surface area contributed by atoms with Gasteiger partial charge in [0.15, 0.2) is 5.82 Å². The molecule has 196 valence electrons.